The van der Waals surface area contributed by atoms with E-state index in [1.165, 1.54) is 16.2 Å². The molecule has 0 radical (unpaired) electrons. The first-order valence-electron chi connectivity index (χ1n) is 10.8. The fourth-order valence-corrected chi connectivity index (χ4v) is 3.44. The Bertz CT molecular complexity index is 709. The lowest BCUT2D eigenvalue weighted by Crippen LogP contribution is -2.48. The van der Waals surface area contributed by atoms with E-state index in [4.69, 9.17) is 4.74 Å². The van der Waals surface area contributed by atoms with Gasteiger partial charge in [-0.2, -0.15) is 0 Å². The van der Waals surface area contributed by atoms with Crippen LogP contribution in [0.3, 0.4) is 0 Å². The number of amides is 2. The highest BCUT2D eigenvalue weighted by Gasteiger charge is 2.22. The topological polar surface area (TPSA) is 65.1 Å². The molecule has 1 aliphatic rings. The predicted molar refractivity (Wildman–Crippen MR) is 121 cm³/mol. The summed E-state index contributed by atoms with van der Waals surface area (Å²) < 4.78 is 5.28. The third-order valence-electron chi connectivity index (χ3n) is 5.11. The summed E-state index contributed by atoms with van der Waals surface area (Å²) in [5, 5.41) is 2.98. The first-order chi connectivity index (χ1) is 14.0. The van der Waals surface area contributed by atoms with Crippen LogP contribution in [0.4, 0.5) is 10.5 Å². The van der Waals surface area contributed by atoms with Crippen LogP contribution in [0, 0.1) is 6.92 Å². The highest BCUT2D eigenvalue weighted by molar-refractivity contribution is 5.82. The molecule has 1 aromatic rings. The first kappa shape index (κ1) is 24.0. The Hall–Kier alpha value is -2.28. The minimum atomic E-state index is -0.571. The maximum absolute atomic E-state index is 12.2. The molecule has 0 aliphatic carbocycles. The predicted octanol–water partition coefficient (Wildman–Crippen LogP) is 2.88. The van der Waals surface area contributed by atoms with Gasteiger partial charge in [0.05, 0.1) is 0 Å². The van der Waals surface area contributed by atoms with Crippen molar-refractivity contribution >= 4 is 17.7 Å². The number of benzene rings is 1. The summed E-state index contributed by atoms with van der Waals surface area (Å²) in [6.45, 7) is 14.6. The Morgan fingerprint density at radius 3 is 2.47 bits per heavy atom. The number of hydrogen-bond acceptors (Lipinski definition) is 5. The van der Waals surface area contributed by atoms with Crippen LogP contribution in [-0.4, -0.2) is 79.8 Å². The molecular formula is C23H38N4O3. The van der Waals surface area contributed by atoms with Crippen molar-refractivity contribution in [2.24, 2.45) is 0 Å². The van der Waals surface area contributed by atoms with Crippen molar-refractivity contribution in [2.75, 3.05) is 51.2 Å². The maximum Gasteiger partial charge on any atom is 0.410 e. The largest absolute Gasteiger partial charge is 0.444 e. The highest BCUT2D eigenvalue weighted by atomic mass is 16.6. The second-order valence-electron chi connectivity index (χ2n) is 9.26. The lowest BCUT2D eigenvalue weighted by Gasteiger charge is -2.36. The summed E-state index contributed by atoms with van der Waals surface area (Å²) in [6.07, 6.45) is 0.392. The van der Waals surface area contributed by atoms with Gasteiger partial charge in [0.2, 0.25) is 5.91 Å². The molecular weight excluding hydrogens is 380 g/mol. The third kappa shape index (κ3) is 8.22. The lowest BCUT2D eigenvalue weighted by molar-refractivity contribution is -0.122. The minimum Gasteiger partial charge on any atom is -0.444 e. The highest BCUT2D eigenvalue weighted by Crippen LogP contribution is 2.18. The molecule has 30 heavy (non-hydrogen) atoms. The Balaban J connectivity index is 1.67. The fraction of sp³-hybridized carbons (Fsp3) is 0.652. The Labute approximate surface area is 181 Å². The summed E-state index contributed by atoms with van der Waals surface area (Å²) in [6, 6.07) is 8.71. The second-order valence-corrected chi connectivity index (χ2v) is 9.26. The van der Waals surface area contributed by atoms with Gasteiger partial charge < -0.3 is 19.9 Å². The zero-order chi connectivity index (χ0) is 22.3. The molecule has 1 fully saturated rings. The molecule has 1 heterocycles. The summed E-state index contributed by atoms with van der Waals surface area (Å²) in [4.78, 5) is 30.4. The quantitative estimate of drug-likeness (QED) is 0.738. The van der Waals surface area contributed by atoms with E-state index in [1.54, 1.807) is 7.05 Å². The summed E-state index contributed by atoms with van der Waals surface area (Å²) in [5.41, 5.74) is 2.01. The molecule has 7 heteroatoms. The minimum absolute atomic E-state index is 0.00554. The van der Waals surface area contributed by atoms with Gasteiger partial charge in [-0.3, -0.25) is 9.69 Å². The van der Waals surface area contributed by atoms with Crippen LogP contribution >= 0.6 is 0 Å². The molecule has 168 valence electrons. The van der Waals surface area contributed by atoms with E-state index >= 15 is 0 Å². The number of nitrogens with zero attached hydrogens (tertiary/aromatic N) is 3. The number of rotatable bonds is 7. The lowest BCUT2D eigenvalue weighted by atomic mass is 10.1. The van der Waals surface area contributed by atoms with E-state index in [9.17, 15) is 9.59 Å². The average Bonchev–Trinajstić information content (AvgIpc) is 2.65. The van der Waals surface area contributed by atoms with Crippen molar-refractivity contribution in [3.05, 3.63) is 29.8 Å². The molecule has 1 unspecified atom stereocenters. The van der Waals surface area contributed by atoms with E-state index in [0.717, 1.165) is 39.1 Å². The fourth-order valence-electron chi connectivity index (χ4n) is 3.44. The van der Waals surface area contributed by atoms with Crippen LogP contribution < -0.4 is 10.2 Å². The molecule has 2 amide bonds. The van der Waals surface area contributed by atoms with Crippen molar-refractivity contribution in [2.45, 2.75) is 52.7 Å². The molecule has 7 nitrogen and oxygen atoms in total. The smallest absolute Gasteiger partial charge is 0.410 e. The zero-order valence-corrected chi connectivity index (χ0v) is 19.4. The number of aryl methyl sites for hydroxylation is 1. The van der Waals surface area contributed by atoms with Crippen molar-refractivity contribution < 1.29 is 14.3 Å². The maximum atomic E-state index is 12.2. The molecule has 2 rings (SSSR count). The van der Waals surface area contributed by atoms with Crippen molar-refractivity contribution in [1.82, 2.24) is 15.1 Å². The number of piperazine rings is 1. The van der Waals surface area contributed by atoms with Crippen molar-refractivity contribution in [3.63, 3.8) is 0 Å². The van der Waals surface area contributed by atoms with E-state index in [-0.39, 0.29) is 18.5 Å². The third-order valence-corrected chi connectivity index (χ3v) is 5.11. The van der Waals surface area contributed by atoms with Crippen LogP contribution in [0.5, 0.6) is 0 Å². The molecule has 0 bridgehead atoms. The normalized spacial score (nSPS) is 16.1. The van der Waals surface area contributed by atoms with Gasteiger partial charge in [0.15, 0.2) is 0 Å². The van der Waals surface area contributed by atoms with E-state index in [2.05, 4.69) is 46.3 Å². The van der Waals surface area contributed by atoms with Gasteiger partial charge in [-0.05, 0) is 58.7 Å². The van der Waals surface area contributed by atoms with Crippen LogP contribution in [0.2, 0.25) is 0 Å². The Morgan fingerprint density at radius 1 is 1.20 bits per heavy atom. The number of carbonyl (C=O) groups excluding carboxylic acids is 2. The SMILES string of the molecule is Cc1cccc(N2CCN(CCC(C)NC(=O)CN(C)C(=O)OC(C)(C)C)CC2)c1. The van der Waals surface area contributed by atoms with E-state index < -0.39 is 11.7 Å². The Morgan fingerprint density at radius 2 is 1.87 bits per heavy atom. The molecule has 0 spiro atoms. The molecule has 0 aromatic heterocycles. The standard InChI is InChI=1S/C23H38N4O3/c1-18-8-7-9-20(16-18)27-14-12-26(13-15-27)11-10-19(2)24-21(28)17-25(6)22(29)30-23(3,4)5/h7-9,16,19H,10-15,17H2,1-6H3,(H,24,28). The van der Waals surface area contributed by atoms with Crippen molar-refractivity contribution in [1.29, 1.82) is 0 Å². The second kappa shape index (κ2) is 10.7. The van der Waals surface area contributed by atoms with Crippen LogP contribution in [0.25, 0.3) is 0 Å². The summed E-state index contributed by atoms with van der Waals surface area (Å²) in [5.74, 6) is -0.167. The van der Waals surface area contributed by atoms with Gasteiger partial charge in [0.25, 0.3) is 0 Å². The molecule has 1 saturated heterocycles. The van der Waals surface area contributed by atoms with Gasteiger partial charge in [-0.1, -0.05) is 12.1 Å². The first-order valence-corrected chi connectivity index (χ1v) is 10.8. The number of ether oxygens (including phenoxy) is 1. The summed E-state index contributed by atoms with van der Waals surface area (Å²) >= 11 is 0. The van der Waals surface area contributed by atoms with Gasteiger partial charge in [0, 0.05) is 51.5 Å². The number of hydrogen-bond donors (Lipinski definition) is 1. The van der Waals surface area contributed by atoms with Gasteiger partial charge in [0.1, 0.15) is 12.1 Å². The average molecular weight is 419 g/mol. The number of nitrogens with one attached hydrogen (secondary N) is 1. The number of carbonyl (C=O) groups is 2. The molecule has 0 saturated carbocycles. The van der Waals surface area contributed by atoms with Gasteiger partial charge >= 0.3 is 6.09 Å². The van der Waals surface area contributed by atoms with Crippen LogP contribution in [0.1, 0.15) is 39.7 Å². The van der Waals surface area contributed by atoms with Crippen LogP contribution in [-0.2, 0) is 9.53 Å². The molecule has 1 aliphatic heterocycles. The zero-order valence-electron chi connectivity index (χ0n) is 19.4. The molecule has 1 N–H and O–H groups in total. The monoisotopic (exact) mass is 418 g/mol. The summed E-state index contributed by atoms with van der Waals surface area (Å²) in [7, 11) is 1.58. The van der Waals surface area contributed by atoms with Gasteiger partial charge in [-0.15, -0.1) is 0 Å². The number of anilines is 1. The van der Waals surface area contributed by atoms with Gasteiger partial charge in [-0.25, -0.2) is 4.79 Å². The number of likely N-dealkylation sites (N-methyl/N-ethyl adjacent to an activating group) is 1. The van der Waals surface area contributed by atoms with E-state index in [0.29, 0.717) is 0 Å². The van der Waals surface area contributed by atoms with E-state index in [1.807, 2.05) is 27.7 Å². The molecule has 1 aromatic carbocycles. The van der Waals surface area contributed by atoms with Crippen molar-refractivity contribution in [3.8, 4) is 0 Å². The Kier molecular flexibility index (Phi) is 8.53. The molecule has 1 atom stereocenters. The van der Waals surface area contributed by atoms with Crippen LogP contribution in [0.15, 0.2) is 24.3 Å².